The van der Waals surface area contributed by atoms with Crippen molar-refractivity contribution in [3.8, 4) is 17.3 Å². The van der Waals surface area contributed by atoms with E-state index in [1.165, 1.54) is 18.2 Å². The molecule has 164 valence electrons. The van der Waals surface area contributed by atoms with Crippen LogP contribution in [0.25, 0.3) is 5.69 Å². The summed E-state index contributed by atoms with van der Waals surface area (Å²) < 4.78 is 45.5. The Morgan fingerprint density at radius 3 is 2.52 bits per heavy atom. The Labute approximate surface area is 189 Å². The van der Waals surface area contributed by atoms with E-state index in [1.54, 1.807) is 19.1 Å². The molecule has 0 atom stereocenters. The highest BCUT2D eigenvalue weighted by molar-refractivity contribution is 6.37. The van der Waals surface area contributed by atoms with E-state index < -0.39 is 30.1 Å². The molecule has 3 aromatic rings. The van der Waals surface area contributed by atoms with E-state index in [9.17, 15) is 23.1 Å². The second-order valence-corrected chi connectivity index (χ2v) is 7.45. The zero-order chi connectivity index (χ0) is 22.9. The number of phenols is 1. The van der Waals surface area contributed by atoms with Crippen molar-refractivity contribution in [2.24, 2.45) is 0 Å². The van der Waals surface area contributed by atoms with Gasteiger partial charge in [0.05, 0.1) is 21.4 Å². The second-order valence-electron chi connectivity index (χ2n) is 6.26. The Balaban J connectivity index is 1.84. The molecule has 0 fully saturated rings. The van der Waals surface area contributed by atoms with Crippen LogP contribution in [0, 0.1) is 6.92 Å². The van der Waals surface area contributed by atoms with Gasteiger partial charge in [0, 0.05) is 11.1 Å². The van der Waals surface area contributed by atoms with E-state index >= 15 is 0 Å². The Morgan fingerprint density at radius 1 is 1.19 bits per heavy atom. The molecule has 0 radical (unpaired) electrons. The van der Waals surface area contributed by atoms with Gasteiger partial charge >= 0.3 is 6.18 Å². The van der Waals surface area contributed by atoms with Crippen LogP contribution in [0.2, 0.25) is 15.1 Å². The molecule has 0 aliphatic heterocycles. The lowest BCUT2D eigenvalue weighted by molar-refractivity contribution is -0.141. The summed E-state index contributed by atoms with van der Waals surface area (Å²) in [5.74, 6) is -1.55. The molecule has 0 spiro atoms. The maximum Gasteiger partial charge on any atom is 0.435 e. The zero-order valence-corrected chi connectivity index (χ0v) is 17.9. The highest BCUT2D eigenvalue weighted by Crippen LogP contribution is 2.39. The number of benzene rings is 2. The Bertz CT molecular complexity index is 1150. The normalized spacial score (nSPS) is 11.5. The molecule has 3 rings (SSSR count). The van der Waals surface area contributed by atoms with Crippen molar-refractivity contribution in [3.63, 3.8) is 0 Å². The van der Waals surface area contributed by atoms with Crippen molar-refractivity contribution in [2.75, 3.05) is 11.9 Å². The first-order valence-electron chi connectivity index (χ1n) is 8.51. The van der Waals surface area contributed by atoms with Gasteiger partial charge in [-0.2, -0.15) is 23.0 Å². The van der Waals surface area contributed by atoms with Crippen molar-refractivity contribution in [1.82, 2.24) is 9.78 Å². The lowest BCUT2D eigenvalue weighted by Gasteiger charge is -2.13. The summed E-state index contributed by atoms with van der Waals surface area (Å²) >= 11 is 18.0. The van der Waals surface area contributed by atoms with Gasteiger partial charge in [-0.3, -0.25) is 4.79 Å². The van der Waals surface area contributed by atoms with E-state index in [0.29, 0.717) is 11.6 Å². The third-order valence-corrected chi connectivity index (χ3v) is 5.27. The van der Waals surface area contributed by atoms with E-state index in [0.717, 1.165) is 4.68 Å². The molecule has 2 aromatic carbocycles. The number of anilines is 1. The first kappa shape index (κ1) is 23.1. The standard InChI is InChI=1S/C19H13Cl3F3N3O3/c1-9-11(21)6-12(18(30)17(9)22)26-15(29)8-31-16-7-14(19(23,24)25)27-28(16)13-5-3-2-4-10(13)20/h2-7,30H,8H2,1H3,(H,26,29). The molecule has 0 aliphatic rings. The number of aromatic hydroxyl groups is 1. The molecule has 1 aromatic heterocycles. The maximum atomic E-state index is 13.1. The molecule has 1 amide bonds. The number of nitrogens with one attached hydrogen (secondary N) is 1. The minimum Gasteiger partial charge on any atom is -0.504 e. The summed E-state index contributed by atoms with van der Waals surface area (Å²) in [5, 5.41) is 16.2. The molecule has 0 bridgehead atoms. The number of carbonyl (C=O) groups is 1. The number of alkyl halides is 3. The number of hydrogen-bond donors (Lipinski definition) is 2. The van der Waals surface area contributed by atoms with E-state index in [-0.39, 0.29) is 32.3 Å². The fraction of sp³-hybridized carbons (Fsp3) is 0.158. The molecular weight excluding hydrogens is 482 g/mol. The molecule has 2 N–H and O–H groups in total. The van der Waals surface area contributed by atoms with Gasteiger partial charge in [0.1, 0.15) is 0 Å². The summed E-state index contributed by atoms with van der Waals surface area (Å²) in [6.45, 7) is 0.878. The molecule has 31 heavy (non-hydrogen) atoms. The molecule has 0 unspecified atom stereocenters. The fourth-order valence-corrected chi connectivity index (χ4v) is 3.20. The van der Waals surface area contributed by atoms with Crippen LogP contribution in [0.3, 0.4) is 0 Å². The number of aromatic nitrogens is 2. The number of para-hydroxylation sites is 1. The number of phenolic OH excluding ortho intramolecular Hbond substituents is 1. The number of ether oxygens (including phenoxy) is 1. The Kier molecular flexibility index (Phi) is 6.59. The number of halogens is 6. The minimum absolute atomic E-state index is 0.0460. The van der Waals surface area contributed by atoms with Crippen molar-refractivity contribution in [2.45, 2.75) is 13.1 Å². The van der Waals surface area contributed by atoms with Crippen LogP contribution in [-0.2, 0) is 11.0 Å². The second kappa shape index (κ2) is 8.86. The first-order chi connectivity index (χ1) is 14.5. The van der Waals surface area contributed by atoms with Crippen molar-refractivity contribution in [3.05, 3.63) is 62.7 Å². The van der Waals surface area contributed by atoms with Crippen LogP contribution in [0.15, 0.2) is 36.4 Å². The molecule has 0 saturated heterocycles. The van der Waals surface area contributed by atoms with E-state index in [2.05, 4.69) is 10.4 Å². The number of amides is 1. The van der Waals surface area contributed by atoms with Gasteiger partial charge in [0.25, 0.3) is 5.91 Å². The SMILES string of the molecule is Cc1c(Cl)cc(NC(=O)COc2cc(C(F)(F)F)nn2-c2ccccc2Cl)c(O)c1Cl. The Morgan fingerprint density at radius 2 is 1.87 bits per heavy atom. The zero-order valence-electron chi connectivity index (χ0n) is 15.6. The highest BCUT2D eigenvalue weighted by Gasteiger charge is 2.36. The molecule has 0 aliphatic carbocycles. The minimum atomic E-state index is -4.74. The third kappa shape index (κ3) is 5.00. The predicted octanol–water partition coefficient (Wildman–Crippen LogP) is 5.88. The van der Waals surface area contributed by atoms with Gasteiger partial charge in [-0.25, -0.2) is 0 Å². The monoisotopic (exact) mass is 493 g/mol. The molecular formula is C19H13Cl3F3N3O3. The average molecular weight is 495 g/mol. The molecule has 0 saturated carbocycles. The fourth-order valence-electron chi connectivity index (χ4n) is 2.53. The molecule has 12 heteroatoms. The van der Waals surface area contributed by atoms with Crippen LogP contribution >= 0.6 is 34.8 Å². The van der Waals surface area contributed by atoms with Crippen LogP contribution in [0.1, 0.15) is 11.3 Å². The average Bonchev–Trinajstić information content (AvgIpc) is 3.14. The first-order valence-corrected chi connectivity index (χ1v) is 9.64. The third-order valence-electron chi connectivity index (χ3n) is 4.09. The van der Waals surface area contributed by atoms with Crippen molar-refractivity contribution >= 4 is 46.4 Å². The van der Waals surface area contributed by atoms with Crippen LogP contribution < -0.4 is 10.1 Å². The van der Waals surface area contributed by atoms with Gasteiger partial charge in [0.2, 0.25) is 5.88 Å². The maximum absolute atomic E-state index is 13.1. The quantitative estimate of drug-likeness (QED) is 0.434. The molecule has 6 nitrogen and oxygen atoms in total. The largest absolute Gasteiger partial charge is 0.504 e. The van der Waals surface area contributed by atoms with Crippen molar-refractivity contribution in [1.29, 1.82) is 0 Å². The smallest absolute Gasteiger partial charge is 0.435 e. The van der Waals surface area contributed by atoms with Gasteiger partial charge in [-0.1, -0.05) is 46.9 Å². The van der Waals surface area contributed by atoms with E-state index in [1.807, 2.05) is 0 Å². The van der Waals surface area contributed by atoms with Crippen LogP contribution in [0.5, 0.6) is 11.6 Å². The lowest BCUT2D eigenvalue weighted by Crippen LogP contribution is -2.21. The summed E-state index contributed by atoms with van der Waals surface area (Å²) in [7, 11) is 0. The van der Waals surface area contributed by atoms with Crippen LogP contribution in [0.4, 0.5) is 18.9 Å². The summed E-state index contributed by atoms with van der Waals surface area (Å²) in [6, 6.07) is 7.99. The topological polar surface area (TPSA) is 76.4 Å². The summed E-state index contributed by atoms with van der Waals surface area (Å²) in [4.78, 5) is 12.3. The lowest BCUT2D eigenvalue weighted by atomic mass is 10.2. The predicted molar refractivity (Wildman–Crippen MR) is 111 cm³/mol. The van der Waals surface area contributed by atoms with Gasteiger partial charge in [-0.15, -0.1) is 0 Å². The van der Waals surface area contributed by atoms with Gasteiger partial charge in [0.15, 0.2) is 18.1 Å². The summed E-state index contributed by atoms with van der Waals surface area (Å²) in [5.41, 5.74) is -0.759. The Hall–Kier alpha value is -2.62. The van der Waals surface area contributed by atoms with E-state index in [4.69, 9.17) is 39.5 Å². The van der Waals surface area contributed by atoms with Gasteiger partial charge < -0.3 is 15.2 Å². The number of carbonyl (C=O) groups excluding carboxylic acids is 1. The highest BCUT2D eigenvalue weighted by atomic mass is 35.5. The number of nitrogens with zero attached hydrogens (tertiary/aromatic N) is 2. The van der Waals surface area contributed by atoms with Crippen molar-refractivity contribution < 1.29 is 27.8 Å². The summed E-state index contributed by atoms with van der Waals surface area (Å²) in [6.07, 6.45) is -4.74. The molecule has 1 heterocycles. The number of hydrogen-bond acceptors (Lipinski definition) is 4. The van der Waals surface area contributed by atoms with Crippen LogP contribution in [-0.4, -0.2) is 27.4 Å². The van der Waals surface area contributed by atoms with Gasteiger partial charge in [-0.05, 0) is 30.7 Å². The number of rotatable bonds is 5.